The summed E-state index contributed by atoms with van der Waals surface area (Å²) in [6, 6.07) is 10.2. The van der Waals surface area contributed by atoms with Gasteiger partial charge in [0.2, 0.25) is 5.91 Å². The first kappa shape index (κ1) is 25.9. The van der Waals surface area contributed by atoms with Crippen molar-refractivity contribution in [3.8, 4) is 17.3 Å². The third-order valence-corrected chi connectivity index (χ3v) is 7.93. The SMILES string of the molecule is CCc1nn2c(C)cc(N3CCN(C(=O)CCl)CC3)nc2c1N(C)c1nc(-c2ccc(F)cc2)c(C#N)s1. The number of piperazine rings is 1. The van der Waals surface area contributed by atoms with E-state index in [4.69, 9.17) is 26.7 Å². The Morgan fingerprint density at radius 3 is 2.55 bits per heavy atom. The molecule has 1 fully saturated rings. The van der Waals surface area contributed by atoms with Crippen LogP contribution in [-0.2, 0) is 11.2 Å². The molecule has 1 aromatic carbocycles. The van der Waals surface area contributed by atoms with E-state index in [9.17, 15) is 14.4 Å². The van der Waals surface area contributed by atoms with Gasteiger partial charge in [0, 0.05) is 50.6 Å². The number of carbonyl (C=O) groups is 1. The fourth-order valence-electron chi connectivity index (χ4n) is 4.62. The molecule has 3 aromatic heterocycles. The lowest BCUT2D eigenvalue weighted by Gasteiger charge is -2.35. The number of hydrogen-bond donors (Lipinski definition) is 0. The maximum atomic E-state index is 13.5. The highest BCUT2D eigenvalue weighted by atomic mass is 35.5. The lowest BCUT2D eigenvalue weighted by Crippen LogP contribution is -2.49. The first-order valence-electron chi connectivity index (χ1n) is 12.2. The summed E-state index contributed by atoms with van der Waals surface area (Å²) in [5.41, 5.74) is 4.49. The van der Waals surface area contributed by atoms with Crippen LogP contribution in [0, 0.1) is 24.1 Å². The van der Waals surface area contributed by atoms with Crippen molar-refractivity contribution in [2.75, 3.05) is 48.9 Å². The van der Waals surface area contributed by atoms with Crippen molar-refractivity contribution in [2.24, 2.45) is 0 Å². The minimum Gasteiger partial charge on any atom is -0.353 e. The quantitative estimate of drug-likeness (QED) is 0.327. The molecule has 12 heteroatoms. The Morgan fingerprint density at radius 2 is 1.92 bits per heavy atom. The molecule has 1 aliphatic rings. The molecule has 0 bridgehead atoms. The molecular formula is C26H26ClFN8OS. The molecule has 0 N–H and O–H groups in total. The van der Waals surface area contributed by atoms with Crippen molar-refractivity contribution in [1.82, 2.24) is 24.5 Å². The van der Waals surface area contributed by atoms with Crippen LogP contribution in [0.1, 0.15) is 23.2 Å². The summed E-state index contributed by atoms with van der Waals surface area (Å²) in [6.07, 6.45) is 0.679. The number of aryl methyl sites for hydroxylation is 2. The predicted octanol–water partition coefficient (Wildman–Crippen LogP) is 4.39. The van der Waals surface area contributed by atoms with Crippen LogP contribution in [0.3, 0.4) is 0 Å². The van der Waals surface area contributed by atoms with E-state index < -0.39 is 0 Å². The maximum absolute atomic E-state index is 13.5. The van der Waals surface area contributed by atoms with Gasteiger partial charge >= 0.3 is 0 Å². The normalized spacial score (nSPS) is 13.7. The van der Waals surface area contributed by atoms with Crippen LogP contribution in [0.5, 0.6) is 0 Å². The molecule has 0 saturated carbocycles. The number of aromatic nitrogens is 4. The predicted molar refractivity (Wildman–Crippen MR) is 147 cm³/mol. The third kappa shape index (κ3) is 4.66. The Balaban J connectivity index is 1.53. The number of nitrogens with zero attached hydrogens (tertiary/aromatic N) is 8. The van der Waals surface area contributed by atoms with E-state index in [1.165, 1.54) is 23.5 Å². The summed E-state index contributed by atoms with van der Waals surface area (Å²) in [7, 11) is 1.89. The summed E-state index contributed by atoms with van der Waals surface area (Å²) in [4.78, 5) is 28.1. The molecule has 1 aliphatic heterocycles. The minimum absolute atomic E-state index is 0.0121. The van der Waals surface area contributed by atoms with Gasteiger partial charge in [-0.15, -0.1) is 11.6 Å². The summed E-state index contributed by atoms with van der Waals surface area (Å²) in [5.74, 6) is 0.400. The van der Waals surface area contributed by atoms with Crippen molar-refractivity contribution in [3.05, 3.63) is 52.4 Å². The third-order valence-electron chi connectivity index (χ3n) is 6.66. The van der Waals surface area contributed by atoms with Crippen LogP contribution in [0.15, 0.2) is 30.3 Å². The first-order chi connectivity index (χ1) is 18.3. The van der Waals surface area contributed by atoms with Crippen molar-refractivity contribution in [1.29, 1.82) is 5.26 Å². The van der Waals surface area contributed by atoms with Crippen LogP contribution >= 0.6 is 22.9 Å². The van der Waals surface area contributed by atoms with Crippen molar-refractivity contribution < 1.29 is 9.18 Å². The van der Waals surface area contributed by atoms with E-state index in [2.05, 4.69) is 11.0 Å². The zero-order chi connectivity index (χ0) is 27.0. The van der Waals surface area contributed by atoms with Gasteiger partial charge in [-0.2, -0.15) is 10.4 Å². The molecular weight excluding hydrogens is 527 g/mol. The van der Waals surface area contributed by atoms with Crippen LogP contribution in [-0.4, -0.2) is 69.5 Å². The molecule has 38 heavy (non-hydrogen) atoms. The second-order valence-electron chi connectivity index (χ2n) is 8.99. The van der Waals surface area contributed by atoms with Crippen LogP contribution in [0.25, 0.3) is 16.9 Å². The summed E-state index contributed by atoms with van der Waals surface area (Å²) >= 11 is 7.00. The van der Waals surface area contributed by atoms with Crippen molar-refractivity contribution >= 4 is 51.1 Å². The van der Waals surface area contributed by atoms with Gasteiger partial charge in [-0.1, -0.05) is 18.3 Å². The number of hydrogen-bond acceptors (Lipinski definition) is 8. The van der Waals surface area contributed by atoms with E-state index in [1.807, 2.05) is 36.4 Å². The monoisotopic (exact) mass is 552 g/mol. The molecule has 0 aliphatic carbocycles. The molecule has 4 heterocycles. The molecule has 4 aromatic rings. The highest BCUT2D eigenvalue weighted by molar-refractivity contribution is 7.16. The number of nitriles is 1. The largest absolute Gasteiger partial charge is 0.353 e. The van der Waals surface area contributed by atoms with E-state index in [0.29, 0.717) is 59.5 Å². The van der Waals surface area contributed by atoms with E-state index >= 15 is 0 Å². The highest BCUT2D eigenvalue weighted by Gasteiger charge is 2.26. The summed E-state index contributed by atoms with van der Waals surface area (Å²) in [6.45, 7) is 6.52. The van der Waals surface area contributed by atoms with Gasteiger partial charge in [-0.05, 0) is 37.6 Å². The Kier molecular flexibility index (Phi) is 7.19. The van der Waals surface area contributed by atoms with Gasteiger partial charge in [0.1, 0.15) is 39.8 Å². The number of carbonyl (C=O) groups excluding carboxylic acids is 1. The highest BCUT2D eigenvalue weighted by Crippen LogP contribution is 2.38. The number of anilines is 3. The zero-order valence-corrected chi connectivity index (χ0v) is 22.9. The van der Waals surface area contributed by atoms with Gasteiger partial charge in [0.25, 0.3) is 0 Å². The van der Waals surface area contributed by atoms with Gasteiger partial charge in [-0.3, -0.25) is 4.79 Å². The van der Waals surface area contributed by atoms with Crippen LogP contribution in [0.4, 0.5) is 21.0 Å². The number of rotatable bonds is 6. The Labute approximate surface area is 228 Å². The molecule has 0 radical (unpaired) electrons. The zero-order valence-electron chi connectivity index (χ0n) is 21.3. The van der Waals surface area contributed by atoms with Crippen molar-refractivity contribution in [2.45, 2.75) is 20.3 Å². The number of alkyl halides is 1. The number of amides is 1. The van der Waals surface area contributed by atoms with Gasteiger partial charge in [0.05, 0.1) is 5.69 Å². The maximum Gasteiger partial charge on any atom is 0.237 e. The van der Waals surface area contributed by atoms with Gasteiger partial charge < -0.3 is 14.7 Å². The molecule has 0 unspecified atom stereocenters. The molecule has 5 rings (SSSR count). The fraction of sp³-hybridized carbons (Fsp3) is 0.346. The Bertz CT molecular complexity index is 1540. The number of halogens is 2. The molecule has 0 spiro atoms. The molecule has 196 valence electrons. The number of fused-ring (bicyclic) bond motifs is 1. The molecule has 0 atom stereocenters. The second-order valence-corrected chi connectivity index (χ2v) is 10.2. The summed E-state index contributed by atoms with van der Waals surface area (Å²) < 4.78 is 15.3. The number of thiazole rings is 1. The smallest absolute Gasteiger partial charge is 0.237 e. The van der Waals surface area contributed by atoms with E-state index in [-0.39, 0.29) is 17.6 Å². The van der Waals surface area contributed by atoms with Gasteiger partial charge in [-0.25, -0.2) is 18.9 Å². The molecule has 1 saturated heterocycles. The topological polar surface area (TPSA) is 93.7 Å². The van der Waals surface area contributed by atoms with Crippen LogP contribution in [0.2, 0.25) is 0 Å². The standard InChI is InChI=1S/C26H26ClFN8OS/c1-4-19-24(33(3)26-31-23(20(15-29)38-26)17-5-7-18(28)8-6-17)25-30-21(13-16(2)36(25)32-19)34-9-11-35(12-10-34)22(37)14-27/h5-8,13H,4,9-12,14H2,1-3H3. The average Bonchev–Trinajstić information content (AvgIpc) is 3.55. The van der Waals surface area contributed by atoms with Gasteiger partial charge in [0.15, 0.2) is 10.8 Å². The minimum atomic E-state index is -0.344. The molecule has 1 amide bonds. The van der Waals surface area contributed by atoms with Crippen molar-refractivity contribution in [3.63, 3.8) is 0 Å². The van der Waals surface area contributed by atoms with E-state index in [0.717, 1.165) is 22.9 Å². The fourth-order valence-corrected chi connectivity index (χ4v) is 5.64. The Morgan fingerprint density at radius 1 is 1.21 bits per heavy atom. The molecule has 9 nitrogen and oxygen atoms in total. The lowest BCUT2D eigenvalue weighted by molar-refractivity contribution is -0.128. The Hall–Kier alpha value is -3.75. The average molecular weight is 553 g/mol. The van der Waals surface area contributed by atoms with Crippen LogP contribution < -0.4 is 9.80 Å². The van der Waals surface area contributed by atoms with E-state index in [1.54, 1.807) is 17.0 Å². The second kappa shape index (κ2) is 10.6. The summed E-state index contributed by atoms with van der Waals surface area (Å²) in [5, 5.41) is 15.2. The first-order valence-corrected chi connectivity index (χ1v) is 13.6. The lowest BCUT2D eigenvalue weighted by atomic mass is 10.1. The number of benzene rings is 1.